The van der Waals surface area contributed by atoms with Crippen molar-refractivity contribution in [2.75, 3.05) is 7.05 Å². The second kappa shape index (κ2) is 6.34. The third-order valence-electron chi connectivity index (χ3n) is 2.86. The van der Waals surface area contributed by atoms with Gasteiger partial charge in [0.1, 0.15) is 0 Å². The lowest BCUT2D eigenvalue weighted by molar-refractivity contribution is 0.692. The second-order valence-corrected chi connectivity index (χ2v) is 5.64. The van der Waals surface area contributed by atoms with Crippen LogP contribution in [0.2, 0.25) is 20.1 Å². The summed E-state index contributed by atoms with van der Waals surface area (Å²) < 4.78 is 0. The van der Waals surface area contributed by atoms with Crippen molar-refractivity contribution in [3.8, 4) is 0 Å². The van der Waals surface area contributed by atoms with Gasteiger partial charge in [0.2, 0.25) is 0 Å². The van der Waals surface area contributed by atoms with E-state index in [-0.39, 0.29) is 6.04 Å². The summed E-state index contributed by atoms with van der Waals surface area (Å²) >= 11 is 24.3. The normalized spacial score (nSPS) is 12.5. The molecule has 0 amide bonds. The minimum atomic E-state index is -0.0963. The van der Waals surface area contributed by atoms with Crippen molar-refractivity contribution in [2.24, 2.45) is 0 Å². The van der Waals surface area contributed by atoms with E-state index in [1.54, 1.807) is 12.1 Å². The van der Waals surface area contributed by atoms with Gasteiger partial charge in [-0.15, -0.1) is 0 Å². The Balaban J connectivity index is 2.50. The zero-order valence-corrected chi connectivity index (χ0v) is 13.1. The molecule has 2 aromatic carbocycles. The molecule has 0 saturated carbocycles. The van der Waals surface area contributed by atoms with Crippen LogP contribution < -0.4 is 5.32 Å². The van der Waals surface area contributed by atoms with Crippen LogP contribution >= 0.6 is 46.4 Å². The van der Waals surface area contributed by atoms with Crippen LogP contribution in [0.25, 0.3) is 0 Å². The van der Waals surface area contributed by atoms with Crippen molar-refractivity contribution in [1.82, 2.24) is 5.32 Å². The van der Waals surface area contributed by atoms with Crippen molar-refractivity contribution in [1.29, 1.82) is 0 Å². The highest BCUT2D eigenvalue weighted by molar-refractivity contribution is 6.42. The Morgan fingerprint density at radius 2 is 1.63 bits per heavy atom. The summed E-state index contributed by atoms with van der Waals surface area (Å²) in [5.74, 6) is 0. The lowest BCUT2D eigenvalue weighted by Gasteiger charge is -2.19. The van der Waals surface area contributed by atoms with E-state index >= 15 is 0 Å². The molecular weight excluding hydrogens is 324 g/mol. The van der Waals surface area contributed by atoms with Gasteiger partial charge in [-0.2, -0.15) is 0 Å². The summed E-state index contributed by atoms with van der Waals surface area (Å²) in [6.45, 7) is 0. The predicted molar refractivity (Wildman–Crippen MR) is 83.8 cm³/mol. The summed E-state index contributed by atoms with van der Waals surface area (Å²) in [6.07, 6.45) is 0. The minimum Gasteiger partial charge on any atom is -0.309 e. The Morgan fingerprint density at radius 3 is 2.26 bits per heavy atom. The smallest absolute Gasteiger partial charge is 0.0643 e. The monoisotopic (exact) mass is 333 g/mol. The SMILES string of the molecule is CNC(c1ccc(Cl)c(Cl)c1)c1cccc(Cl)c1Cl. The van der Waals surface area contributed by atoms with Gasteiger partial charge in [-0.3, -0.25) is 0 Å². The first-order valence-corrected chi connectivity index (χ1v) is 7.12. The van der Waals surface area contributed by atoms with Gasteiger partial charge in [-0.1, -0.05) is 64.6 Å². The lowest BCUT2D eigenvalue weighted by Crippen LogP contribution is -2.18. The molecule has 1 N–H and O–H groups in total. The topological polar surface area (TPSA) is 12.0 Å². The Morgan fingerprint density at radius 1 is 0.895 bits per heavy atom. The number of rotatable bonds is 3. The van der Waals surface area contributed by atoms with E-state index in [1.807, 2.05) is 31.3 Å². The second-order valence-electron chi connectivity index (χ2n) is 4.04. The fourth-order valence-corrected chi connectivity index (χ4v) is 2.66. The van der Waals surface area contributed by atoms with Gasteiger partial charge >= 0.3 is 0 Å². The van der Waals surface area contributed by atoms with Crippen LogP contribution in [0.5, 0.6) is 0 Å². The number of hydrogen-bond donors (Lipinski definition) is 1. The van der Waals surface area contributed by atoms with Crippen molar-refractivity contribution in [3.63, 3.8) is 0 Å². The van der Waals surface area contributed by atoms with Gasteiger partial charge in [0.15, 0.2) is 0 Å². The van der Waals surface area contributed by atoms with Crippen LogP contribution in [0.15, 0.2) is 36.4 Å². The van der Waals surface area contributed by atoms with E-state index in [9.17, 15) is 0 Å². The van der Waals surface area contributed by atoms with Gasteiger partial charge in [0.25, 0.3) is 0 Å². The third kappa shape index (κ3) is 3.18. The first kappa shape index (κ1) is 15.0. The van der Waals surface area contributed by atoms with Crippen LogP contribution in [0.1, 0.15) is 17.2 Å². The highest BCUT2D eigenvalue weighted by Crippen LogP contribution is 2.34. The molecule has 0 aliphatic carbocycles. The highest BCUT2D eigenvalue weighted by Gasteiger charge is 2.17. The molecule has 0 aliphatic heterocycles. The molecule has 19 heavy (non-hydrogen) atoms. The Bertz CT molecular complexity index is 598. The van der Waals surface area contributed by atoms with E-state index in [2.05, 4.69) is 5.32 Å². The quantitative estimate of drug-likeness (QED) is 0.769. The molecule has 0 spiro atoms. The van der Waals surface area contributed by atoms with Crippen molar-refractivity contribution < 1.29 is 0 Å². The number of benzene rings is 2. The van der Waals surface area contributed by atoms with E-state index in [1.165, 1.54) is 0 Å². The standard InChI is InChI=1S/C14H11Cl4N/c1-19-14(8-5-6-10(15)12(17)7-8)9-3-2-4-11(16)13(9)18/h2-7,14,19H,1H3. The van der Waals surface area contributed by atoms with Gasteiger partial charge < -0.3 is 5.32 Å². The average Bonchev–Trinajstić information content (AvgIpc) is 2.39. The third-order valence-corrected chi connectivity index (χ3v) is 4.43. The molecule has 1 unspecified atom stereocenters. The maximum absolute atomic E-state index is 6.26. The Kier molecular flexibility index (Phi) is 4.99. The lowest BCUT2D eigenvalue weighted by atomic mass is 9.99. The first-order valence-electron chi connectivity index (χ1n) is 5.60. The van der Waals surface area contributed by atoms with Crippen molar-refractivity contribution in [3.05, 3.63) is 67.6 Å². The average molecular weight is 335 g/mol. The summed E-state index contributed by atoms with van der Waals surface area (Å²) in [5, 5.41) is 5.31. The Hall–Kier alpha value is -0.440. The maximum atomic E-state index is 6.26. The zero-order valence-electron chi connectivity index (χ0n) is 10.1. The van der Waals surface area contributed by atoms with Gasteiger partial charge in [-0.25, -0.2) is 0 Å². The predicted octanol–water partition coefficient (Wildman–Crippen LogP) is 5.61. The van der Waals surface area contributed by atoms with E-state index in [0.717, 1.165) is 11.1 Å². The zero-order chi connectivity index (χ0) is 14.0. The van der Waals surface area contributed by atoms with Crippen LogP contribution in [-0.2, 0) is 0 Å². The van der Waals surface area contributed by atoms with E-state index in [0.29, 0.717) is 20.1 Å². The van der Waals surface area contributed by atoms with Crippen molar-refractivity contribution >= 4 is 46.4 Å². The van der Waals surface area contributed by atoms with Crippen molar-refractivity contribution in [2.45, 2.75) is 6.04 Å². The minimum absolute atomic E-state index is 0.0963. The maximum Gasteiger partial charge on any atom is 0.0643 e. The Labute approximate surface area is 132 Å². The van der Waals surface area contributed by atoms with Gasteiger partial charge in [-0.05, 0) is 36.4 Å². The molecule has 0 bridgehead atoms. The molecule has 2 aromatic rings. The largest absolute Gasteiger partial charge is 0.309 e. The molecule has 0 aromatic heterocycles. The number of halogens is 4. The molecule has 0 aliphatic rings. The fourth-order valence-electron chi connectivity index (χ4n) is 1.94. The van der Waals surface area contributed by atoms with E-state index < -0.39 is 0 Å². The fraction of sp³-hybridized carbons (Fsp3) is 0.143. The number of nitrogens with one attached hydrogen (secondary N) is 1. The molecule has 0 saturated heterocycles. The molecule has 5 heteroatoms. The van der Waals surface area contributed by atoms with Gasteiger partial charge in [0.05, 0.1) is 26.1 Å². The summed E-state index contributed by atoms with van der Waals surface area (Å²) in [5.41, 5.74) is 1.87. The first-order chi connectivity index (χ1) is 9.04. The molecule has 2 rings (SSSR count). The molecule has 0 fully saturated rings. The summed E-state index contributed by atoms with van der Waals surface area (Å²) in [6, 6.07) is 11.0. The molecule has 0 radical (unpaired) electrons. The molecule has 0 heterocycles. The van der Waals surface area contributed by atoms with Crippen LogP contribution in [0.3, 0.4) is 0 Å². The molecular formula is C14H11Cl4N. The summed E-state index contributed by atoms with van der Waals surface area (Å²) in [4.78, 5) is 0. The van der Waals surface area contributed by atoms with Gasteiger partial charge in [0, 0.05) is 0 Å². The van der Waals surface area contributed by atoms with E-state index in [4.69, 9.17) is 46.4 Å². The van der Waals surface area contributed by atoms with Crippen LogP contribution in [0, 0.1) is 0 Å². The molecule has 100 valence electrons. The molecule has 1 nitrogen and oxygen atoms in total. The van der Waals surface area contributed by atoms with Crippen LogP contribution in [0.4, 0.5) is 0 Å². The summed E-state index contributed by atoms with van der Waals surface area (Å²) in [7, 11) is 1.85. The molecule has 1 atom stereocenters. The highest BCUT2D eigenvalue weighted by atomic mass is 35.5. The number of hydrogen-bond acceptors (Lipinski definition) is 1. The van der Waals surface area contributed by atoms with Crippen LogP contribution in [-0.4, -0.2) is 7.05 Å².